The zero-order valence-electron chi connectivity index (χ0n) is 13.5. The van der Waals surface area contributed by atoms with Gasteiger partial charge in [-0.2, -0.15) is 0 Å². The van der Waals surface area contributed by atoms with Gasteiger partial charge in [0, 0.05) is 11.1 Å². The predicted molar refractivity (Wildman–Crippen MR) is 95.9 cm³/mol. The highest BCUT2D eigenvalue weighted by atomic mass is 16.1. The van der Waals surface area contributed by atoms with Crippen LogP contribution in [0.2, 0.25) is 0 Å². The molecule has 3 aromatic carbocycles. The van der Waals surface area contributed by atoms with E-state index >= 15 is 0 Å². The highest BCUT2D eigenvalue weighted by molar-refractivity contribution is 6.09. The van der Waals surface area contributed by atoms with Gasteiger partial charge >= 0.3 is 0 Å². The Balaban J connectivity index is 1.93. The molecule has 0 fully saturated rings. The first-order valence-electron chi connectivity index (χ1n) is 7.99. The van der Waals surface area contributed by atoms with Crippen LogP contribution in [0.3, 0.4) is 0 Å². The van der Waals surface area contributed by atoms with Crippen molar-refractivity contribution in [2.75, 3.05) is 0 Å². The smallest absolute Gasteiger partial charge is 0.193 e. The van der Waals surface area contributed by atoms with Gasteiger partial charge in [-0.05, 0) is 35.6 Å². The Bertz CT molecular complexity index is 814. The minimum absolute atomic E-state index is 0.0659. The molecule has 0 aliphatic rings. The molecule has 0 spiro atoms. The van der Waals surface area contributed by atoms with Gasteiger partial charge in [-0.1, -0.05) is 79.7 Å². The molecule has 0 aromatic heterocycles. The number of ketones is 1. The molecule has 0 aliphatic heterocycles. The lowest BCUT2D eigenvalue weighted by Crippen LogP contribution is -2.00. The molecular formula is C22H20O. The fraction of sp³-hybridized carbons (Fsp3) is 0.136. The van der Waals surface area contributed by atoms with Crippen LogP contribution in [0.25, 0.3) is 11.1 Å². The first-order valence-corrected chi connectivity index (χ1v) is 7.99. The molecular weight excluding hydrogens is 280 g/mol. The molecule has 0 unspecified atom stereocenters. The fourth-order valence-corrected chi connectivity index (χ4v) is 2.94. The average molecular weight is 300 g/mol. The Hall–Kier alpha value is -2.67. The molecule has 0 heterocycles. The molecule has 0 N–H and O–H groups in total. The highest BCUT2D eigenvalue weighted by Gasteiger charge is 2.10. The monoisotopic (exact) mass is 300 g/mol. The van der Waals surface area contributed by atoms with Crippen LogP contribution in [0.5, 0.6) is 0 Å². The second-order valence-corrected chi connectivity index (χ2v) is 5.72. The van der Waals surface area contributed by atoms with Crippen LogP contribution in [0, 0.1) is 6.92 Å². The summed E-state index contributed by atoms with van der Waals surface area (Å²) in [7, 11) is 0. The molecule has 0 aliphatic carbocycles. The van der Waals surface area contributed by atoms with Gasteiger partial charge in [0.25, 0.3) is 0 Å². The van der Waals surface area contributed by atoms with E-state index in [-0.39, 0.29) is 5.78 Å². The van der Waals surface area contributed by atoms with Crippen LogP contribution < -0.4 is 0 Å². The number of aryl methyl sites for hydroxylation is 1. The summed E-state index contributed by atoms with van der Waals surface area (Å²) in [6.45, 7) is 4.34. The van der Waals surface area contributed by atoms with Crippen LogP contribution in [-0.4, -0.2) is 5.78 Å². The standard InChI is InChI=1S/C22H20O/c1-3-17-10-7-11-21(16(17)2)18-12-14-20(15-13-18)22(23)19-8-5-4-6-9-19/h4-15H,3H2,1-2H3. The Morgan fingerprint density at radius 1 is 0.783 bits per heavy atom. The molecule has 1 nitrogen and oxygen atoms in total. The summed E-state index contributed by atoms with van der Waals surface area (Å²) in [6, 6.07) is 23.7. The topological polar surface area (TPSA) is 17.1 Å². The maximum atomic E-state index is 12.5. The lowest BCUT2D eigenvalue weighted by molar-refractivity contribution is 0.103. The zero-order chi connectivity index (χ0) is 16.2. The third-order valence-corrected chi connectivity index (χ3v) is 4.32. The van der Waals surface area contributed by atoms with Gasteiger partial charge in [0.05, 0.1) is 0 Å². The number of benzene rings is 3. The largest absolute Gasteiger partial charge is 0.289 e. The van der Waals surface area contributed by atoms with Crippen molar-refractivity contribution in [2.24, 2.45) is 0 Å². The molecule has 23 heavy (non-hydrogen) atoms. The van der Waals surface area contributed by atoms with Gasteiger partial charge in [-0.15, -0.1) is 0 Å². The number of hydrogen-bond acceptors (Lipinski definition) is 1. The summed E-state index contributed by atoms with van der Waals surface area (Å²) in [5.41, 5.74) is 6.53. The van der Waals surface area contributed by atoms with E-state index in [2.05, 4.69) is 32.0 Å². The average Bonchev–Trinajstić information content (AvgIpc) is 2.62. The van der Waals surface area contributed by atoms with E-state index < -0.39 is 0 Å². The van der Waals surface area contributed by atoms with E-state index in [4.69, 9.17) is 0 Å². The van der Waals surface area contributed by atoms with Crippen molar-refractivity contribution in [3.05, 3.63) is 95.1 Å². The van der Waals surface area contributed by atoms with Crippen molar-refractivity contribution >= 4 is 5.78 Å². The van der Waals surface area contributed by atoms with Crippen molar-refractivity contribution in [2.45, 2.75) is 20.3 Å². The van der Waals surface area contributed by atoms with Gasteiger partial charge < -0.3 is 0 Å². The summed E-state index contributed by atoms with van der Waals surface area (Å²) < 4.78 is 0. The molecule has 3 aromatic rings. The molecule has 0 atom stereocenters. The molecule has 0 bridgehead atoms. The molecule has 0 saturated heterocycles. The minimum Gasteiger partial charge on any atom is -0.289 e. The third kappa shape index (κ3) is 3.09. The van der Waals surface area contributed by atoms with Gasteiger partial charge in [0.15, 0.2) is 5.78 Å². The molecule has 0 radical (unpaired) electrons. The van der Waals surface area contributed by atoms with Crippen LogP contribution >= 0.6 is 0 Å². The van der Waals surface area contributed by atoms with Crippen LogP contribution in [0.15, 0.2) is 72.8 Å². The Morgan fingerprint density at radius 2 is 1.43 bits per heavy atom. The summed E-state index contributed by atoms with van der Waals surface area (Å²) in [6.07, 6.45) is 1.03. The van der Waals surface area contributed by atoms with Crippen molar-refractivity contribution in [3.8, 4) is 11.1 Å². The highest BCUT2D eigenvalue weighted by Crippen LogP contribution is 2.26. The summed E-state index contributed by atoms with van der Waals surface area (Å²) in [5.74, 6) is 0.0659. The molecule has 114 valence electrons. The summed E-state index contributed by atoms with van der Waals surface area (Å²) in [4.78, 5) is 12.5. The maximum absolute atomic E-state index is 12.5. The van der Waals surface area contributed by atoms with Crippen molar-refractivity contribution < 1.29 is 4.79 Å². The number of carbonyl (C=O) groups is 1. The Kier molecular flexibility index (Phi) is 4.38. The number of hydrogen-bond donors (Lipinski definition) is 0. The molecule has 0 amide bonds. The summed E-state index contributed by atoms with van der Waals surface area (Å²) >= 11 is 0. The number of carbonyl (C=O) groups excluding carboxylic acids is 1. The van der Waals surface area contributed by atoms with Crippen molar-refractivity contribution in [1.29, 1.82) is 0 Å². The fourth-order valence-electron chi connectivity index (χ4n) is 2.94. The Labute approximate surface area is 137 Å². The lowest BCUT2D eigenvalue weighted by atomic mass is 9.94. The van der Waals surface area contributed by atoms with E-state index in [0.717, 1.165) is 23.1 Å². The minimum atomic E-state index is 0.0659. The van der Waals surface area contributed by atoms with Crippen molar-refractivity contribution in [1.82, 2.24) is 0 Å². The second-order valence-electron chi connectivity index (χ2n) is 5.72. The van der Waals surface area contributed by atoms with Gasteiger partial charge in [0.1, 0.15) is 0 Å². The third-order valence-electron chi connectivity index (χ3n) is 4.32. The summed E-state index contributed by atoms with van der Waals surface area (Å²) in [5, 5.41) is 0. The van der Waals surface area contributed by atoms with Crippen molar-refractivity contribution in [3.63, 3.8) is 0 Å². The van der Waals surface area contributed by atoms with Gasteiger partial charge in [0.2, 0.25) is 0 Å². The van der Waals surface area contributed by atoms with Crippen LogP contribution in [0.4, 0.5) is 0 Å². The van der Waals surface area contributed by atoms with Crippen LogP contribution in [0.1, 0.15) is 34.0 Å². The normalized spacial score (nSPS) is 10.5. The molecule has 0 saturated carbocycles. The van der Waals surface area contributed by atoms with E-state index in [1.165, 1.54) is 16.7 Å². The second kappa shape index (κ2) is 6.62. The lowest BCUT2D eigenvalue weighted by Gasteiger charge is -2.11. The Morgan fingerprint density at radius 3 is 2.09 bits per heavy atom. The zero-order valence-corrected chi connectivity index (χ0v) is 13.5. The van der Waals surface area contributed by atoms with E-state index in [9.17, 15) is 4.79 Å². The quantitative estimate of drug-likeness (QED) is 0.585. The van der Waals surface area contributed by atoms with E-state index in [1.807, 2.05) is 54.6 Å². The van der Waals surface area contributed by atoms with E-state index in [0.29, 0.717) is 0 Å². The van der Waals surface area contributed by atoms with Gasteiger partial charge in [-0.3, -0.25) is 4.79 Å². The first kappa shape index (κ1) is 15.2. The van der Waals surface area contributed by atoms with Crippen LogP contribution in [-0.2, 0) is 6.42 Å². The SMILES string of the molecule is CCc1cccc(-c2ccc(C(=O)c3ccccc3)cc2)c1C. The van der Waals surface area contributed by atoms with E-state index in [1.54, 1.807) is 0 Å². The molecule has 1 heteroatoms. The maximum Gasteiger partial charge on any atom is 0.193 e. The first-order chi connectivity index (χ1) is 11.2. The van der Waals surface area contributed by atoms with Gasteiger partial charge in [-0.25, -0.2) is 0 Å². The predicted octanol–water partition coefficient (Wildman–Crippen LogP) is 5.46. The number of rotatable bonds is 4. The molecule has 3 rings (SSSR count).